The van der Waals surface area contributed by atoms with Crippen molar-refractivity contribution in [1.29, 1.82) is 0 Å². The molecule has 1 aromatic carbocycles. The first-order valence-corrected chi connectivity index (χ1v) is 7.89. The Bertz CT molecular complexity index is 462. The molecule has 0 radical (unpaired) electrons. The highest BCUT2D eigenvalue weighted by atomic mass is 19.2. The fourth-order valence-corrected chi connectivity index (χ4v) is 3.10. The molecule has 1 aliphatic carbocycles. The quantitative estimate of drug-likeness (QED) is 0.708. The third-order valence-electron chi connectivity index (χ3n) is 4.13. The second-order valence-corrected chi connectivity index (χ2v) is 5.77. The normalized spacial score (nSPS) is 21.5. The van der Waals surface area contributed by atoms with Gasteiger partial charge in [-0.3, -0.25) is 0 Å². The van der Waals surface area contributed by atoms with Crippen molar-refractivity contribution in [2.24, 2.45) is 11.8 Å². The van der Waals surface area contributed by atoms with Crippen LogP contribution in [0.4, 0.5) is 8.78 Å². The van der Waals surface area contributed by atoms with Crippen LogP contribution in [0.2, 0.25) is 0 Å². The van der Waals surface area contributed by atoms with E-state index in [1.54, 1.807) is 6.92 Å². The Labute approximate surface area is 125 Å². The van der Waals surface area contributed by atoms with E-state index in [0.717, 1.165) is 18.8 Å². The highest BCUT2D eigenvalue weighted by molar-refractivity contribution is 5.35. The molecule has 2 rings (SSSR count). The van der Waals surface area contributed by atoms with Crippen LogP contribution in [0.25, 0.3) is 0 Å². The van der Waals surface area contributed by atoms with E-state index in [1.807, 2.05) is 0 Å². The van der Waals surface area contributed by atoms with Gasteiger partial charge in [0.05, 0.1) is 13.2 Å². The van der Waals surface area contributed by atoms with Crippen molar-refractivity contribution in [2.75, 3.05) is 13.2 Å². The topological polar surface area (TPSA) is 18.5 Å². The van der Waals surface area contributed by atoms with Crippen molar-refractivity contribution in [3.63, 3.8) is 0 Å². The third-order valence-corrected chi connectivity index (χ3v) is 4.13. The summed E-state index contributed by atoms with van der Waals surface area (Å²) in [5.74, 6) is -0.782. The predicted molar refractivity (Wildman–Crippen MR) is 78.8 cm³/mol. The van der Waals surface area contributed by atoms with Gasteiger partial charge in [0.25, 0.3) is 0 Å². The van der Waals surface area contributed by atoms with Gasteiger partial charge in [-0.15, -0.1) is 0 Å². The van der Waals surface area contributed by atoms with Crippen LogP contribution in [0.1, 0.15) is 46.0 Å². The summed E-state index contributed by atoms with van der Waals surface area (Å²) in [5, 5.41) is 0. The summed E-state index contributed by atoms with van der Waals surface area (Å²) < 4.78 is 38.1. The fraction of sp³-hybridized carbons (Fsp3) is 0.647. The Hall–Kier alpha value is -1.32. The lowest BCUT2D eigenvalue weighted by Gasteiger charge is -2.14. The largest absolute Gasteiger partial charge is 0.491 e. The van der Waals surface area contributed by atoms with E-state index in [0.29, 0.717) is 19.1 Å². The van der Waals surface area contributed by atoms with Crippen molar-refractivity contribution in [3.8, 4) is 11.5 Å². The van der Waals surface area contributed by atoms with Crippen LogP contribution in [-0.4, -0.2) is 13.2 Å². The molecule has 0 aliphatic heterocycles. The zero-order valence-electron chi connectivity index (χ0n) is 12.8. The van der Waals surface area contributed by atoms with E-state index in [4.69, 9.17) is 9.47 Å². The zero-order chi connectivity index (χ0) is 15.2. The monoisotopic (exact) mass is 298 g/mol. The van der Waals surface area contributed by atoms with Gasteiger partial charge in [-0.05, 0) is 43.7 Å². The number of hydrogen-bond acceptors (Lipinski definition) is 2. The van der Waals surface area contributed by atoms with E-state index >= 15 is 0 Å². The molecule has 1 saturated carbocycles. The molecule has 1 aromatic rings. The maximum Gasteiger partial charge on any atom is 0.204 e. The molecular weight excluding hydrogens is 274 g/mol. The first kappa shape index (κ1) is 16.1. The molecule has 2 unspecified atom stereocenters. The summed E-state index contributed by atoms with van der Waals surface area (Å²) >= 11 is 0. The maximum absolute atomic E-state index is 13.9. The average molecular weight is 298 g/mol. The molecule has 0 saturated heterocycles. The number of benzene rings is 1. The summed E-state index contributed by atoms with van der Waals surface area (Å²) in [6.45, 7) is 4.69. The second-order valence-electron chi connectivity index (χ2n) is 5.77. The molecular formula is C17H24F2O2. The van der Waals surface area contributed by atoms with E-state index < -0.39 is 11.6 Å². The first-order chi connectivity index (χ1) is 10.2. The summed E-state index contributed by atoms with van der Waals surface area (Å²) in [6.07, 6.45) is 5.93. The molecule has 1 aliphatic rings. The fourth-order valence-electron chi connectivity index (χ4n) is 3.10. The Balaban J connectivity index is 1.90. The van der Waals surface area contributed by atoms with Gasteiger partial charge < -0.3 is 9.47 Å². The van der Waals surface area contributed by atoms with E-state index in [-0.39, 0.29) is 11.5 Å². The van der Waals surface area contributed by atoms with E-state index in [9.17, 15) is 8.78 Å². The minimum atomic E-state index is -0.968. The number of ether oxygens (including phenoxy) is 2. The third kappa shape index (κ3) is 4.08. The van der Waals surface area contributed by atoms with Crippen LogP contribution < -0.4 is 9.47 Å². The molecule has 2 atom stereocenters. The van der Waals surface area contributed by atoms with Crippen molar-refractivity contribution in [3.05, 3.63) is 23.8 Å². The molecule has 0 amide bonds. The minimum absolute atomic E-state index is 0.0186. The van der Waals surface area contributed by atoms with Crippen LogP contribution >= 0.6 is 0 Å². The zero-order valence-corrected chi connectivity index (χ0v) is 12.8. The second kappa shape index (κ2) is 7.62. The van der Waals surface area contributed by atoms with Crippen LogP contribution in [0.3, 0.4) is 0 Å². The molecule has 1 fully saturated rings. The lowest BCUT2D eigenvalue weighted by molar-refractivity contribution is 0.232. The van der Waals surface area contributed by atoms with Crippen LogP contribution in [0.5, 0.6) is 11.5 Å². The molecule has 21 heavy (non-hydrogen) atoms. The predicted octanol–water partition coefficient (Wildman–Crippen LogP) is 4.96. The SMILES string of the molecule is CCCC1CCC(COc2ccc(OCC)c(F)c2F)C1. The van der Waals surface area contributed by atoms with Crippen molar-refractivity contribution < 1.29 is 18.3 Å². The molecule has 4 heteroatoms. The van der Waals surface area contributed by atoms with Gasteiger partial charge in [0.1, 0.15) is 0 Å². The summed E-state index contributed by atoms with van der Waals surface area (Å²) in [7, 11) is 0. The van der Waals surface area contributed by atoms with Crippen LogP contribution in [0.15, 0.2) is 12.1 Å². The lowest BCUT2D eigenvalue weighted by Crippen LogP contribution is -2.10. The van der Waals surface area contributed by atoms with Crippen molar-refractivity contribution >= 4 is 0 Å². The Morgan fingerprint density at radius 2 is 1.62 bits per heavy atom. The summed E-state index contributed by atoms with van der Waals surface area (Å²) in [5.41, 5.74) is 0. The Morgan fingerprint density at radius 1 is 1.00 bits per heavy atom. The Morgan fingerprint density at radius 3 is 2.24 bits per heavy atom. The van der Waals surface area contributed by atoms with Gasteiger partial charge in [-0.25, -0.2) is 0 Å². The lowest BCUT2D eigenvalue weighted by atomic mass is 10.0. The molecule has 0 aromatic heterocycles. The number of hydrogen-bond donors (Lipinski definition) is 0. The highest BCUT2D eigenvalue weighted by Gasteiger charge is 2.25. The smallest absolute Gasteiger partial charge is 0.204 e. The van der Waals surface area contributed by atoms with Gasteiger partial charge in [-0.1, -0.05) is 26.2 Å². The van der Waals surface area contributed by atoms with Gasteiger partial charge in [0.2, 0.25) is 11.6 Å². The molecule has 0 heterocycles. The van der Waals surface area contributed by atoms with Crippen molar-refractivity contribution in [2.45, 2.75) is 46.0 Å². The van der Waals surface area contributed by atoms with Crippen LogP contribution in [-0.2, 0) is 0 Å². The maximum atomic E-state index is 13.9. The van der Waals surface area contributed by atoms with E-state index in [1.165, 1.54) is 31.4 Å². The van der Waals surface area contributed by atoms with Crippen molar-refractivity contribution in [1.82, 2.24) is 0 Å². The summed E-state index contributed by atoms with van der Waals surface area (Å²) in [4.78, 5) is 0. The van der Waals surface area contributed by atoms with Gasteiger partial charge >= 0.3 is 0 Å². The molecule has 118 valence electrons. The van der Waals surface area contributed by atoms with Gasteiger partial charge in [-0.2, -0.15) is 8.78 Å². The standard InChI is InChI=1S/C17H24F2O2/c1-3-5-12-6-7-13(10-12)11-21-15-9-8-14(20-4-2)16(18)17(15)19/h8-9,12-13H,3-7,10-11H2,1-2H3. The number of halogens is 2. The highest BCUT2D eigenvalue weighted by Crippen LogP contribution is 2.35. The first-order valence-electron chi connectivity index (χ1n) is 7.89. The van der Waals surface area contributed by atoms with Crippen LogP contribution in [0, 0.1) is 23.5 Å². The van der Waals surface area contributed by atoms with Gasteiger partial charge in [0, 0.05) is 0 Å². The van der Waals surface area contributed by atoms with E-state index in [2.05, 4.69) is 6.92 Å². The van der Waals surface area contributed by atoms with Gasteiger partial charge in [0.15, 0.2) is 11.5 Å². The molecule has 2 nitrogen and oxygen atoms in total. The minimum Gasteiger partial charge on any atom is -0.491 e. The average Bonchev–Trinajstić information content (AvgIpc) is 2.91. The summed E-state index contributed by atoms with van der Waals surface area (Å²) in [6, 6.07) is 2.87. The molecule has 0 spiro atoms. The molecule has 0 N–H and O–H groups in total. The number of rotatable bonds is 7. The Kier molecular flexibility index (Phi) is 5.83. The molecule has 0 bridgehead atoms.